The largest absolute Gasteiger partial charge is 0.345 e. The number of hydrogen-bond donors (Lipinski definition) is 1. The first-order valence-corrected chi connectivity index (χ1v) is 6.78. The molecule has 0 spiro atoms. The Bertz CT molecular complexity index is 646. The van der Waals surface area contributed by atoms with Crippen molar-refractivity contribution >= 4 is 21.8 Å². The molecule has 5 heteroatoms. The minimum absolute atomic E-state index is 0.0728. The van der Waals surface area contributed by atoms with Crippen molar-refractivity contribution in [3.05, 3.63) is 69.7 Å². The summed E-state index contributed by atoms with van der Waals surface area (Å²) in [6.45, 7) is 1.65. The molecule has 0 heterocycles. The molecule has 0 aromatic heterocycles. The molecule has 0 aliphatic heterocycles. The summed E-state index contributed by atoms with van der Waals surface area (Å²) in [5.41, 5.74) is 0.287. The molecule has 0 radical (unpaired) electrons. The maximum absolute atomic E-state index is 13.7. The van der Waals surface area contributed by atoms with E-state index in [-0.39, 0.29) is 5.56 Å². The quantitative estimate of drug-likeness (QED) is 0.891. The maximum Gasteiger partial charge on any atom is 0.254 e. The Morgan fingerprint density at radius 3 is 2.50 bits per heavy atom. The molecule has 0 saturated heterocycles. The zero-order valence-corrected chi connectivity index (χ0v) is 12.2. The first-order valence-electron chi connectivity index (χ1n) is 5.99. The van der Waals surface area contributed by atoms with Gasteiger partial charge in [0.05, 0.1) is 11.6 Å². The molecule has 1 unspecified atom stereocenters. The molecule has 0 aliphatic rings. The van der Waals surface area contributed by atoms with Gasteiger partial charge in [-0.15, -0.1) is 0 Å². The van der Waals surface area contributed by atoms with Crippen molar-refractivity contribution in [1.29, 1.82) is 0 Å². The maximum atomic E-state index is 13.7. The second-order valence-electron chi connectivity index (χ2n) is 4.34. The Labute approximate surface area is 123 Å². The lowest BCUT2D eigenvalue weighted by atomic mass is 10.1. The van der Waals surface area contributed by atoms with Crippen LogP contribution in [-0.2, 0) is 0 Å². The fraction of sp³-hybridized carbons (Fsp3) is 0.133. The fourth-order valence-corrected chi connectivity index (χ4v) is 2.19. The molecule has 0 saturated carbocycles. The van der Waals surface area contributed by atoms with E-state index >= 15 is 0 Å². The van der Waals surface area contributed by atoms with Crippen LogP contribution >= 0.6 is 15.9 Å². The van der Waals surface area contributed by atoms with E-state index in [0.29, 0.717) is 10.0 Å². The molecule has 1 atom stereocenters. The van der Waals surface area contributed by atoms with Crippen LogP contribution in [0.1, 0.15) is 28.9 Å². The van der Waals surface area contributed by atoms with Crippen LogP contribution in [0.5, 0.6) is 0 Å². The van der Waals surface area contributed by atoms with Crippen molar-refractivity contribution in [2.24, 2.45) is 0 Å². The van der Waals surface area contributed by atoms with Gasteiger partial charge in [0.15, 0.2) is 0 Å². The van der Waals surface area contributed by atoms with Crippen LogP contribution in [0.2, 0.25) is 0 Å². The summed E-state index contributed by atoms with van der Waals surface area (Å²) in [4.78, 5) is 12.0. The molecular formula is C15H12BrF2NO. The highest BCUT2D eigenvalue weighted by atomic mass is 79.9. The lowest BCUT2D eigenvalue weighted by Gasteiger charge is -2.15. The van der Waals surface area contributed by atoms with Crippen LogP contribution in [0.4, 0.5) is 8.78 Å². The van der Waals surface area contributed by atoms with Gasteiger partial charge in [-0.25, -0.2) is 8.78 Å². The lowest BCUT2D eigenvalue weighted by Crippen LogP contribution is -2.28. The number of nitrogens with one attached hydrogen (secondary N) is 1. The van der Waals surface area contributed by atoms with Gasteiger partial charge >= 0.3 is 0 Å². The van der Waals surface area contributed by atoms with E-state index in [9.17, 15) is 13.6 Å². The van der Waals surface area contributed by atoms with E-state index in [1.807, 2.05) is 0 Å². The monoisotopic (exact) mass is 339 g/mol. The molecule has 2 rings (SSSR count). The third-order valence-electron chi connectivity index (χ3n) is 2.90. The first kappa shape index (κ1) is 14.7. The van der Waals surface area contributed by atoms with Crippen LogP contribution in [0.25, 0.3) is 0 Å². The minimum Gasteiger partial charge on any atom is -0.345 e. The molecular weight excluding hydrogens is 328 g/mol. The highest BCUT2D eigenvalue weighted by molar-refractivity contribution is 9.10. The van der Waals surface area contributed by atoms with Gasteiger partial charge in [0.1, 0.15) is 11.6 Å². The van der Waals surface area contributed by atoms with Crippen molar-refractivity contribution in [3.8, 4) is 0 Å². The number of rotatable bonds is 3. The van der Waals surface area contributed by atoms with Crippen LogP contribution in [0, 0.1) is 11.6 Å². The van der Waals surface area contributed by atoms with Gasteiger partial charge in [-0.3, -0.25) is 4.79 Å². The second-order valence-corrected chi connectivity index (χ2v) is 5.26. The van der Waals surface area contributed by atoms with E-state index in [0.717, 1.165) is 0 Å². The van der Waals surface area contributed by atoms with E-state index in [1.54, 1.807) is 31.2 Å². The number of carbonyl (C=O) groups excluding carboxylic acids is 1. The molecule has 0 fully saturated rings. The van der Waals surface area contributed by atoms with E-state index in [4.69, 9.17) is 0 Å². The predicted molar refractivity (Wildman–Crippen MR) is 76.4 cm³/mol. The first-order chi connectivity index (χ1) is 9.49. The predicted octanol–water partition coefficient (Wildman–Crippen LogP) is 4.22. The third-order valence-corrected chi connectivity index (χ3v) is 3.39. The lowest BCUT2D eigenvalue weighted by molar-refractivity contribution is 0.0935. The highest BCUT2D eigenvalue weighted by Crippen LogP contribution is 2.19. The molecule has 1 amide bonds. The van der Waals surface area contributed by atoms with Gasteiger partial charge in [-0.1, -0.05) is 34.1 Å². The normalized spacial score (nSPS) is 12.0. The summed E-state index contributed by atoms with van der Waals surface area (Å²) in [5, 5.41) is 2.58. The molecule has 104 valence electrons. The SMILES string of the molecule is CC(NC(=O)c1ccc(Br)cc1F)c1ccccc1F. The molecule has 0 aliphatic carbocycles. The fourth-order valence-electron chi connectivity index (χ4n) is 1.85. The van der Waals surface area contributed by atoms with Crippen molar-refractivity contribution in [2.45, 2.75) is 13.0 Å². The average molecular weight is 340 g/mol. The zero-order valence-electron chi connectivity index (χ0n) is 10.7. The van der Waals surface area contributed by atoms with Crippen molar-refractivity contribution in [1.82, 2.24) is 5.32 Å². The number of carbonyl (C=O) groups is 1. The summed E-state index contributed by atoms with van der Waals surface area (Å²) in [6, 6.07) is 9.77. The Hall–Kier alpha value is -1.75. The van der Waals surface area contributed by atoms with Gasteiger partial charge in [0.2, 0.25) is 0 Å². The molecule has 2 aromatic rings. The summed E-state index contributed by atoms with van der Waals surface area (Å²) >= 11 is 3.12. The topological polar surface area (TPSA) is 29.1 Å². The molecule has 0 bridgehead atoms. The second kappa shape index (κ2) is 6.13. The highest BCUT2D eigenvalue weighted by Gasteiger charge is 2.17. The van der Waals surface area contributed by atoms with Crippen LogP contribution < -0.4 is 5.32 Å². The Kier molecular flexibility index (Phi) is 4.49. The van der Waals surface area contributed by atoms with Crippen molar-refractivity contribution < 1.29 is 13.6 Å². The Morgan fingerprint density at radius 1 is 1.15 bits per heavy atom. The van der Waals surface area contributed by atoms with Gasteiger partial charge in [0, 0.05) is 10.0 Å². The van der Waals surface area contributed by atoms with Gasteiger partial charge in [-0.05, 0) is 31.2 Å². The molecule has 1 N–H and O–H groups in total. The van der Waals surface area contributed by atoms with Gasteiger partial charge < -0.3 is 5.32 Å². The summed E-state index contributed by atoms with van der Waals surface area (Å²) < 4.78 is 27.8. The van der Waals surface area contributed by atoms with Crippen molar-refractivity contribution in [3.63, 3.8) is 0 Å². The van der Waals surface area contributed by atoms with E-state index in [1.165, 1.54) is 18.2 Å². The summed E-state index contributed by atoms with van der Waals surface area (Å²) in [5.74, 6) is -1.61. The molecule has 20 heavy (non-hydrogen) atoms. The van der Waals surface area contributed by atoms with Gasteiger partial charge in [0.25, 0.3) is 5.91 Å². The zero-order chi connectivity index (χ0) is 14.7. The van der Waals surface area contributed by atoms with Crippen LogP contribution in [0.3, 0.4) is 0 Å². The summed E-state index contributed by atoms with van der Waals surface area (Å²) in [6.07, 6.45) is 0. The van der Waals surface area contributed by atoms with Crippen molar-refractivity contribution in [2.75, 3.05) is 0 Å². The standard InChI is InChI=1S/C15H12BrF2NO/c1-9(11-4-2-3-5-13(11)17)19-15(20)12-7-6-10(16)8-14(12)18/h2-9H,1H3,(H,19,20). The molecule has 2 nitrogen and oxygen atoms in total. The number of benzene rings is 2. The molecule has 2 aromatic carbocycles. The smallest absolute Gasteiger partial charge is 0.254 e. The number of halogens is 3. The Balaban J connectivity index is 2.17. The van der Waals surface area contributed by atoms with Crippen LogP contribution in [0.15, 0.2) is 46.9 Å². The summed E-state index contributed by atoms with van der Waals surface area (Å²) in [7, 11) is 0. The average Bonchev–Trinajstić information content (AvgIpc) is 2.38. The van der Waals surface area contributed by atoms with E-state index in [2.05, 4.69) is 21.2 Å². The number of amides is 1. The van der Waals surface area contributed by atoms with Crippen LogP contribution in [-0.4, -0.2) is 5.91 Å². The van der Waals surface area contributed by atoms with Gasteiger partial charge in [-0.2, -0.15) is 0 Å². The third kappa shape index (κ3) is 3.22. The van der Waals surface area contributed by atoms with E-state index < -0.39 is 23.6 Å². The minimum atomic E-state index is -0.627. The number of hydrogen-bond acceptors (Lipinski definition) is 1. The Morgan fingerprint density at radius 2 is 1.85 bits per heavy atom.